The maximum absolute atomic E-state index is 5.47. The molecule has 0 aliphatic carbocycles. The van der Waals surface area contributed by atoms with Gasteiger partial charge in [-0.15, -0.1) is 0 Å². The van der Waals surface area contributed by atoms with Crippen molar-refractivity contribution in [3.8, 4) is 5.75 Å². The molecule has 2 nitrogen and oxygen atoms in total. The van der Waals surface area contributed by atoms with E-state index in [4.69, 9.17) is 4.74 Å². The Morgan fingerprint density at radius 1 is 0.913 bits per heavy atom. The maximum atomic E-state index is 5.47. The van der Waals surface area contributed by atoms with Gasteiger partial charge in [0.15, 0.2) is 0 Å². The number of fused-ring (bicyclic) bond motifs is 1. The SMILES string of the molecule is COc1ccc(Br)cc1CN(C)Cc1cccc2ccccc12. The number of hydrogen-bond acceptors (Lipinski definition) is 2. The smallest absolute Gasteiger partial charge is 0.123 e. The minimum atomic E-state index is 0.839. The lowest BCUT2D eigenvalue weighted by Gasteiger charge is -2.19. The quantitative estimate of drug-likeness (QED) is 0.609. The van der Waals surface area contributed by atoms with Gasteiger partial charge in [-0.3, -0.25) is 4.90 Å². The molecule has 0 atom stereocenters. The Hall–Kier alpha value is -1.84. The molecule has 3 aromatic carbocycles. The fraction of sp³-hybridized carbons (Fsp3) is 0.200. The van der Waals surface area contributed by atoms with Crippen LogP contribution in [-0.4, -0.2) is 19.1 Å². The Labute approximate surface area is 145 Å². The average molecular weight is 370 g/mol. The first-order chi connectivity index (χ1) is 11.2. The van der Waals surface area contributed by atoms with Gasteiger partial charge in [0, 0.05) is 23.1 Å². The first kappa shape index (κ1) is 16.0. The topological polar surface area (TPSA) is 12.5 Å². The number of methoxy groups -OCH3 is 1. The Morgan fingerprint density at radius 3 is 2.48 bits per heavy atom. The molecule has 0 heterocycles. The van der Waals surface area contributed by atoms with E-state index in [2.05, 4.69) is 76.4 Å². The number of rotatable bonds is 5. The van der Waals surface area contributed by atoms with Crippen LogP contribution in [0.4, 0.5) is 0 Å². The van der Waals surface area contributed by atoms with Crippen molar-refractivity contribution < 1.29 is 4.74 Å². The molecule has 0 radical (unpaired) electrons. The van der Waals surface area contributed by atoms with Gasteiger partial charge in [-0.1, -0.05) is 58.4 Å². The molecule has 3 heteroatoms. The zero-order chi connectivity index (χ0) is 16.2. The van der Waals surface area contributed by atoms with E-state index in [1.165, 1.54) is 21.9 Å². The van der Waals surface area contributed by atoms with Crippen LogP contribution in [0.2, 0.25) is 0 Å². The number of ether oxygens (including phenoxy) is 1. The predicted molar refractivity (Wildman–Crippen MR) is 99.8 cm³/mol. The summed E-state index contributed by atoms with van der Waals surface area (Å²) in [6, 6.07) is 21.2. The Morgan fingerprint density at radius 2 is 1.65 bits per heavy atom. The lowest BCUT2D eigenvalue weighted by molar-refractivity contribution is 0.311. The van der Waals surface area contributed by atoms with Crippen molar-refractivity contribution in [3.05, 3.63) is 76.3 Å². The summed E-state index contributed by atoms with van der Waals surface area (Å²) in [6.45, 7) is 1.74. The summed E-state index contributed by atoms with van der Waals surface area (Å²) in [6.07, 6.45) is 0. The van der Waals surface area contributed by atoms with E-state index in [1.807, 2.05) is 12.1 Å². The molecule has 3 rings (SSSR count). The number of halogens is 1. The number of benzene rings is 3. The monoisotopic (exact) mass is 369 g/mol. The molecule has 0 saturated carbocycles. The van der Waals surface area contributed by atoms with E-state index in [9.17, 15) is 0 Å². The largest absolute Gasteiger partial charge is 0.496 e. The van der Waals surface area contributed by atoms with Gasteiger partial charge in [-0.2, -0.15) is 0 Å². The van der Waals surface area contributed by atoms with E-state index in [1.54, 1.807) is 7.11 Å². The van der Waals surface area contributed by atoms with E-state index in [0.29, 0.717) is 0 Å². The van der Waals surface area contributed by atoms with Gasteiger partial charge in [0.1, 0.15) is 5.75 Å². The molecule has 0 spiro atoms. The van der Waals surface area contributed by atoms with Crippen molar-refractivity contribution in [2.45, 2.75) is 13.1 Å². The highest BCUT2D eigenvalue weighted by Crippen LogP contribution is 2.25. The summed E-state index contributed by atoms with van der Waals surface area (Å²) in [5, 5.41) is 2.61. The Balaban J connectivity index is 1.82. The van der Waals surface area contributed by atoms with Crippen LogP contribution in [0.3, 0.4) is 0 Å². The van der Waals surface area contributed by atoms with Crippen molar-refractivity contribution in [2.24, 2.45) is 0 Å². The third kappa shape index (κ3) is 3.74. The maximum Gasteiger partial charge on any atom is 0.123 e. The molecule has 0 saturated heterocycles. The summed E-state index contributed by atoms with van der Waals surface area (Å²) in [5.41, 5.74) is 2.53. The van der Waals surface area contributed by atoms with Gasteiger partial charge in [0.25, 0.3) is 0 Å². The lowest BCUT2D eigenvalue weighted by Crippen LogP contribution is -2.18. The van der Waals surface area contributed by atoms with Gasteiger partial charge in [0.2, 0.25) is 0 Å². The fourth-order valence-corrected chi connectivity index (χ4v) is 3.35. The van der Waals surface area contributed by atoms with E-state index in [-0.39, 0.29) is 0 Å². The standard InChI is InChI=1S/C20H20BrNO/c1-22(14-17-12-18(21)10-11-20(17)23-2)13-16-8-5-7-15-6-3-4-9-19(15)16/h3-12H,13-14H2,1-2H3. The zero-order valence-electron chi connectivity index (χ0n) is 13.4. The highest BCUT2D eigenvalue weighted by Gasteiger charge is 2.09. The van der Waals surface area contributed by atoms with Gasteiger partial charge in [-0.05, 0) is 41.6 Å². The molecule has 0 N–H and O–H groups in total. The van der Waals surface area contributed by atoms with Gasteiger partial charge in [-0.25, -0.2) is 0 Å². The average Bonchev–Trinajstić information content (AvgIpc) is 2.55. The van der Waals surface area contributed by atoms with Crippen LogP contribution in [0.5, 0.6) is 5.75 Å². The molecular formula is C20H20BrNO. The number of hydrogen-bond donors (Lipinski definition) is 0. The highest BCUT2D eigenvalue weighted by atomic mass is 79.9. The summed E-state index contributed by atoms with van der Waals surface area (Å²) in [7, 11) is 3.86. The summed E-state index contributed by atoms with van der Waals surface area (Å²) >= 11 is 3.54. The second kappa shape index (κ2) is 7.16. The first-order valence-corrected chi connectivity index (χ1v) is 8.44. The van der Waals surface area contributed by atoms with Gasteiger partial charge in [0.05, 0.1) is 7.11 Å². The van der Waals surface area contributed by atoms with Crippen LogP contribution >= 0.6 is 15.9 Å². The zero-order valence-corrected chi connectivity index (χ0v) is 15.0. The second-order valence-electron chi connectivity index (χ2n) is 5.77. The minimum absolute atomic E-state index is 0.839. The molecule has 0 aliphatic rings. The van der Waals surface area contributed by atoms with Gasteiger partial charge < -0.3 is 4.74 Å². The summed E-state index contributed by atoms with van der Waals surface area (Å²) < 4.78 is 6.55. The van der Waals surface area contributed by atoms with Crippen molar-refractivity contribution in [1.29, 1.82) is 0 Å². The summed E-state index contributed by atoms with van der Waals surface area (Å²) in [4.78, 5) is 2.31. The van der Waals surface area contributed by atoms with Crippen LogP contribution < -0.4 is 4.74 Å². The van der Waals surface area contributed by atoms with Crippen molar-refractivity contribution in [2.75, 3.05) is 14.2 Å². The summed E-state index contributed by atoms with van der Waals surface area (Å²) in [5.74, 6) is 0.929. The van der Waals surface area contributed by atoms with Crippen LogP contribution in [0.1, 0.15) is 11.1 Å². The van der Waals surface area contributed by atoms with Crippen LogP contribution in [-0.2, 0) is 13.1 Å². The Bertz CT molecular complexity index is 810. The fourth-order valence-electron chi connectivity index (χ4n) is 2.94. The molecule has 23 heavy (non-hydrogen) atoms. The molecule has 0 fully saturated rings. The molecule has 0 bridgehead atoms. The minimum Gasteiger partial charge on any atom is -0.496 e. The van der Waals surface area contributed by atoms with Crippen molar-refractivity contribution in [3.63, 3.8) is 0 Å². The van der Waals surface area contributed by atoms with Crippen molar-refractivity contribution in [1.82, 2.24) is 4.90 Å². The third-order valence-electron chi connectivity index (χ3n) is 4.00. The molecule has 3 aromatic rings. The first-order valence-electron chi connectivity index (χ1n) is 7.65. The van der Waals surface area contributed by atoms with E-state index in [0.717, 1.165) is 23.3 Å². The van der Waals surface area contributed by atoms with Gasteiger partial charge >= 0.3 is 0 Å². The molecular weight excluding hydrogens is 350 g/mol. The van der Waals surface area contributed by atoms with Crippen LogP contribution in [0.25, 0.3) is 10.8 Å². The van der Waals surface area contributed by atoms with E-state index < -0.39 is 0 Å². The molecule has 118 valence electrons. The highest BCUT2D eigenvalue weighted by molar-refractivity contribution is 9.10. The molecule has 0 amide bonds. The number of nitrogens with zero attached hydrogens (tertiary/aromatic N) is 1. The van der Waals surface area contributed by atoms with Crippen LogP contribution in [0, 0.1) is 0 Å². The second-order valence-corrected chi connectivity index (χ2v) is 6.68. The van der Waals surface area contributed by atoms with E-state index >= 15 is 0 Å². The van der Waals surface area contributed by atoms with Crippen LogP contribution in [0.15, 0.2) is 65.1 Å². The Kier molecular flexibility index (Phi) is 4.99. The molecule has 0 aromatic heterocycles. The van der Waals surface area contributed by atoms with Crippen molar-refractivity contribution >= 4 is 26.7 Å². The lowest BCUT2D eigenvalue weighted by atomic mass is 10.0. The molecule has 0 aliphatic heterocycles. The molecule has 0 unspecified atom stereocenters. The third-order valence-corrected chi connectivity index (χ3v) is 4.50. The normalized spacial score (nSPS) is 11.1. The predicted octanol–water partition coefficient (Wildman–Crippen LogP) is 5.24.